The summed E-state index contributed by atoms with van der Waals surface area (Å²) in [6.45, 7) is 10.9. The molecule has 0 aliphatic carbocycles. The van der Waals surface area contributed by atoms with Crippen LogP contribution in [0.3, 0.4) is 0 Å². The lowest BCUT2D eigenvalue weighted by atomic mass is 10.3. The van der Waals surface area contributed by atoms with Crippen molar-refractivity contribution >= 4 is 16.7 Å². The summed E-state index contributed by atoms with van der Waals surface area (Å²) in [6.07, 6.45) is 2.07. The van der Waals surface area contributed by atoms with Gasteiger partial charge in [0.05, 0.1) is 0 Å². The Labute approximate surface area is 102 Å². The quantitative estimate of drug-likeness (QED) is 0.710. The smallest absolute Gasteiger partial charge is 0.202 e. The van der Waals surface area contributed by atoms with Crippen LogP contribution in [0.2, 0.25) is 0 Å². The molecule has 0 spiro atoms. The average molecular weight is 242 g/mol. The van der Waals surface area contributed by atoms with Crippen molar-refractivity contribution in [1.82, 2.24) is 14.3 Å². The van der Waals surface area contributed by atoms with E-state index in [0.29, 0.717) is 0 Å². The van der Waals surface area contributed by atoms with E-state index in [9.17, 15) is 0 Å². The van der Waals surface area contributed by atoms with Gasteiger partial charge in [-0.15, -0.1) is 0 Å². The molecule has 1 aromatic rings. The van der Waals surface area contributed by atoms with Gasteiger partial charge in [0.2, 0.25) is 5.13 Å². The van der Waals surface area contributed by atoms with Crippen molar-refractivity contribution in [2.45, 2.75) is 33.6 Å². The largest absolute Gasteiger partial charge is 0.360 e. The topological polar surface area (TPSA) is 41.1 Å². The standard InChI is InChI=1S/C11H22N4S/c1-4-10-13-11(16-14-10)12-8-7-9-15(5-2)6-3/h4-9H2,1-3H3,(H,12,13,14). The summed E-state index contributed by atoms with van der Waals surface area (Å²) in [5.41, 5.74) is 0. The van der Waals surface area contributed by atoms with E-state index in [2.05, 4.69) is 40.3 Å². The Morgan fingerprint density at radius 1 is 1.25 bits per heavy atom. The van der Waals surface area contributed by atoms with Crippen molar-refractivity contribution in [3.05, 3.63) is 5.82 Å². The Balaban J connectivity index is 2.15. The van der Waals surface area contributed by atoms with Crippen molar-refractivity contribution in [2.75, 3.05) is 31.5 Å². The van der Waals surface area contributed by atoms with E-state index in [1.54, 1.807) is 0 Å². The Morgan fingerprint density at radius 3 is 2.56 bits per heavy atom. The Bertz CT molecular complexity index is 283. The lowest BCUT2D eigenvalue weighted by molar-refractivity contribution is 0.303. The average Bonchev–Trinajstić information content (AvgIpc) is 2.77. The molecule has 0 aliphatic heterocycles. The molecule has 0 aromatic carbocycles. The number of aryl methyl sites for hydroxylation is 1. The summed E-state index contributed by atoms with van der Waals surface area (Å²) in [5, 5.41) is 4.28. The van der Waals surface area contributed by atoms with Crippen molar-refractivity contribution in [2.24, 2.45) is 0 Å². The second kappa shape index (κ2) is 7.57. The minimum Gasteiger partial charge on any atom is -0.360 e. The third-order valence-electron chi connectivity index (χ3n) is 2.61. The number of anilines is 1. The van der Waals surface area contributed by atoms with Crippen LogP contribution in [0.25, 0.3) is 0 Å². The molecule has 92 valence electrons. The minimum absolute atomic E-state index is 0.914. The second-order valence-electron chi connectivity index (χ2n) is 3.68. The van der Waals surface area contributed by atoms with Crippen LogP contribution < -0.4 is 5.32 Å². The molecule has 16 heavy (non-hydrogen) atoms. The van der Waals surface area contributed by atoms with E-state index in [1.165, 1.54) is 11.5 Å². The van der Waals surface area contributed by atoms with E-state index < -0.39 is 0 Å². The van der Waals surface area contributed by atoms with Crippen LogP contribution in [-0.4, -0.2) is 40.4 Å². The van der Waals surface area contributed by atoms with Crippen molar-refractivity contribution in [1.29, 1.82) is 0 Å². The third-order valence-corrected chi connectivity index (χ3v) is 3.32. The van der Waals surface area contributed by atoms with E-state index >= 15 is 0 Å². The lowest BCUT2D eigenvalue weighted by Gasteiger charge is -2.17. The first-order valence-electron chi connectivity index (χ1n) is 6.08. The first-order chi connectivity index (χ1) is 7.80. The highest BCUT2D eigenvalue weighted by atomic mass is 32.1. The highest BCUT2D eigenvalue weighted by molar-refractivity contribution is 7.09. The molecule has 0 saturated carbocycles. The van der Waals surface area contributed by atoms with Gasteiger partial charge in [0, 0.05) is 24.5 Å². The van der Waals surface area contributed by atoms with Crippen LogP contribution in [-0.2, 0) is 6.42 Å². The number of nitrogens with zero attached hydrogens (tertiary/aromatic N) is 3. The molecule has 1 heterocycles. The van der Waals surface area contributed by atoms with E-state index in [-0.39, 0.29) is 0 Å². The fourth-order valence-electron chi connectivity index (χ4n) is 1.51. The summed E-state index contributed by atoms with van der Waals surface area (Å²) in [6, 6.07) is 0. The minimum atomic E-state index is 0.914. The summed E-state index contributed by atoms with van der Waals surface area (Å²) < 4.78 is 4.24. The molecule has 0 saturated heterocycles. The first kappa shape index (κ1) is 13.4. The Hall–Kier alpha value is -0.680. The maximum atomic E-state index is 4.37. The number of aromatic nitrogens is 2. The lowest BCUT2D eigenvalue weighted by Crippen LogP contribution is -2.25. The number of hydrogen-bond donors (Lipinski definition) is 1. The molecule has 1 N–H and O–H groups in total. The van der Waals surface area contributed by atoms with Crippen LogP contribution in [0.1, 0.15) is 33.0 Å². The molecule has 5 heteroatoms. The zero-order valence-corrected chi connectivity index (χ0v) is 11.3. The molecular weight excluding hydrogens is 220 g/mol. The number of rotatable bonds is 8. The highest BCUT2D eigenvalue weighted by Gasteiger charge is 2.01. The molecule has 0 fully saturated rings. The van der Waals surface area contributed by atoms with Gasteiger partial charge in [0.1, 0.15) is 5.82 Å². The van der Waals surface area contributed by atoms with Gasteiger partial charge in [-0.2, -0.15) is 4.37 Å². The molecule has 0 radical (unpaired) electrons. The fraction of sp³-hybridized carbons (Fsp3) is 0.818. The molecule has 1 rings (SSSR count). The summed E-state index contributed by atoms with van der Waals surface area (Å²) in [4.78, 5) is 6.80. The van der Waals surface area contributed by atoms with Crippen LogP contribution in [0, 0.1) is 0 Å². The van der Waals surface area contributed by atoms with E-state index in [0.717, 1.165) is 50.0 Å². The van der Waals surface area contributed by atoms with Crippen molar-refractivity contribution in [3.63, 3.8) is 0 Å². The highest BCUT2D eigenvalue weighted by Crippen LogP contribution is 2.10. The normalized spacial score (nSPS) is 11.0. The van der Waals surface area contributed by atoms with Gasteiger partial charge in [0.15, 0.2) is 0 Å². The van der Waals surface area contributed by atoms with Gasteiger partial charge in [-0.05, 0) is 26.1 Å². The zero-order chi connectivity index (χ0) is 11.8. The second-order valence-corrected chi connectivity index (χ2v) is 4.43. The molecule has 0 amide bonds. The molecular formula is C11H22N4S. The van der Waals surface area contributed by atoms with Gasteiger partial charge < -0.3 is 10.2 Å². The van der Waals surface area contributed by atoms with Crippen LogP contribution in [0.15, 0.2) is 0 Å². The summed E-state index contributed by atoms with van der Waals surface area (Å²) >= 11 is 1.46. The molecule has 1 aromatic heterocycles. The first-order valence-corrected chi connectivity index (χ1v) is 6.86. The van der Waals surface area contributed by atoms with Gasteiger partial charge in [-0.25, -0.2) is 4.98 Å². The number of nitrogens with one attached hydrogen (secondary N) is 1. The SMILES string of the molecule is CCc1nsc(NCCCN(CC)CC)n1. The van der Waals surface area contributed by atoms with Crippen molar-refractivity contribution in [3.8, 4) is 0 Å². The summed E-state index contributed by atoms with van der Waals surface area (Å²) in [7, 11) is 0. The monoisotopic (exact) mass is 242 g/mol. The van der Waals surface area contributed by atoms with Crippen LogP contribution >= 0.6 is 11.5 Å². The molecule has 4 nitrogen and oxygen atoms in total. The van der Waals surface area contributed by atoms with Gasteiger partial charge >= 0.3 is 0 Å². The zero-order valence-electron chi connectivity index (χ0n) is 10.5. The Morgan fingerprint density at radius 2 is 2.00 bits per heavy atom. The van der Waals surface area contributed by atoms with Crippen LogP contribution in [0.5, 0.6) is 0 Å². The third kappa shape index (κ3) is 4.45. The van der Waals surface area contributed by atoms with Gasteiger partial charge in [0.25, 0.3) is 0 Å². The Kier molecular flexibility index (Phi) is 6.33. The van der Waals surface area contributed by atoms with E-state index in [1.807, 2.05) is 0 Å². The maximum absolute atomic E-state index is 4.37. The summed E-state index contributed by atoms with van der Waals surface area (Å²) in [5.74, 6) is 0.941. The van der Waals surface area contributed by atoms with Gasteiger partial charge in [-0.1, -0.05) is 20.8 Å². The molecule has 0 atom stereocenters. The fourth-order valence-corrected chi connectivity index (χ4v) is 2.18. The predicted molar refractivity (Wildman–Crippen MR) is 70.2 cm³/mol. The maximum Gasteiger partial charge on any atom is 0.202 e. The number of hydrogen-bond acceptors (Lipinski definition) is 5. The van der Waals surface area contributed by atoms with E-state index in [4.69, 9.17) is 0 Å². The van der Waals surface area contributed by atoms with Crippen molar-refractivity contribution < 1.29 is 0 Å². The molecule has 0 unspecified atom stereocenters. The van der Waals surface area contributed by atoms with Crippen LogP contribution in [0.4, 0.5) is 5.13 Å². The molecule has 0 aliphatic rings. The van der Waals surface area contributed by atoms with Gasteiger partial charge in [-0.3, -0.25) is 0 Å². The predicted octanol–water partition coefficient (Wildman–Crippen LogP) is 2.24. The molecule has 0 bridgehead atoms.